The summed E-state index contributed by atoms with van der Waals surface area (Å²) in [4.78, 5) is 27.3. The van der Waals surface area contributed by atoms with Crippen LogP contribution in [0.3, 0.4) is 0 Å². The lowest BCUT2D eigenvalue weighted by Gasteiger charge is -2.14. The molecular formula is C17H19N3O6. The molecule has 0 fully saturated rings. The van der Waals surface area contributed by atoms with Crippen LogP contribution in [0.1, 0.15) is 15.9 Å². The summed E-state index contributed by atoms with van der Waals surface area (Å²) in [6, 6.07) is 4.93. The number of ether oxygens (including phenoxy) is 3. The average Bonchev–Trinajstić information content (AvgIpc) is 2.66. The summed E-state index contributed by atoms with van der Waals surface area (Å²) in [5.74, 6) is -0.574. The van der Waals surface area contributed by atoms with Crippen LogP contribution in [0.25, 0.3) is 0 Å². The van der Waals surface area contributed by atoms with E-state index < -0.39 is 16.5 Å². The van der Waals surface area contributed by atoms with Gasteiger partial charge in [-0.1, -0.05) is 6.07 Å². The number of methoxy groups -OCH3 is 3. The molecule has 9 nitrogen and oxygen atoms in total. The number of carbonyl (C=O) groups excluding carboxylic acids is 1. The molecule has 0 saturated carbocycles. The number of nitrogens with one attached hydrogen (secondary N) is 1. The number of nitrogens with zero attached hydrogens (tertiary/aromatic N) is 2. The Bertz CT molecular complexity index is 795. The third-order valence-corrected chi connectivity index (χ3v) is 3.65. The summed E-state index contributed by atoms with van der Waals surface area (Å²) in [6.07, 6.45) is 3.88. The Morgan fingerprint density at radius 3 is 2.50 bits per heavy atom. The number of amides is 1. The summed E-state index contributed by atoms with van der Waals surface area (Å²) in [5.41, 5.74) is 0.284. The highest BCUT2D eigenvalue weighted by atomic mass is 16.6. The first-order valence-corrected chi connectivity index (χ1v) is 7.67. The van der Waals surface area contributed by atoms with E-state index in [2.05, 4.69) is 10.3 Å². The molecule has 1 N–H and O–H groups in total. The second kappa shape index (κ2) is 8.65. The van der Waals surface area contributed by atoms with Crippen LogP contribution in [0.5, 0.6) is 17.2 Å². The van der Waals surface area contributed by atoms with Crippen LogP contribution in [0.15, 0.2) is 30.6 Å². The Morgan fingerprint density at radius 2 is 1.96 bits per heavy atom. The van der Waals surface area contributed by atoms with Gasteiger partial charge in [-0.3, -0.25) is 19.9 Å². The summed E-state index contributed by atoms with van der Waals surface area (Å²) in [5, 5.41) is 14.2. The number of carbonyl (C=O) groups is 1. The van der Waals surface area contributed by atoms with Crippen molar-refractivity contribution in [1.29, 1.82) is 0 Å². The van der Waals surface area contributed by atoms with Crippen LogP contribution < -0.4 is 19.5 Å². The maximum atomic E-state index is 12.5. The monoisotopic (exact) mass is 361 g/mol. The normalized spacial score (nSPS) is 10.1. The molecule has 0 unspecified atom stereocenters. The van der Waals surface area contributed by atoms with Crippen molar-refractivity contribution in [2.24, 2.45) is 0 Å². The molecule has 138 valence electrons. The number of rotatable bonds is 8. The molecule has 0 atom stereocenters. The number of nitro benzene ring substituents is 1. The quantitative estimate of drug-likeness (QED) is 0.565. The van der Waals surface area contributed by atoms with Crippen molar-refractivity contribution < 1.29 is 23.9 Å². The Morgan fingerprint density at radius 1 is 1.23 bits per heavy atom. The van der Waals surface area contributed by atoms with Gasteiger partial charge in [-0.25, -0.2) is 0 Å². The molecular weight excluding hydrogens is 342 g/mol. The molecule has 1 aromatic heterocycles. The van der Waals surface area contributed by atoms with E-state index in [0.717, 1.165) is 5.56 Å². The minimum atomic E-state index is -0.684. The maximum Gasteiger partial charge on any atom is 0.327 e. The first-order valence-electron chi connectivity index (χ1n) is 7.67. The standard InChI is InChI=1S/C17H19N3O6/c1-24-13-9-12(14(20(22)23)16(26-3)15(13)25-2)17(21)19-8-6-11-5-4-7-18-10-11/h4-5,7,9-10H,6,8H2,1-3H3,(H,19,21). The van der Waals surface area contributed by atoms with Crippen molar-refractivity contribution >= 4 is 11.6 Å². The SMILES string of the molecule is COc1cc(C(=O)NCCc2cccnc2)c([N+](=O)[O-])c(OC)c1OC. The molecule has 2 rings (SSSR count). The highest BCUT2D eigenvalue weighted by molar-refractivity contribution is 6.00. The predicted octanol–water partition coefficient (Wildman–Crippen LogP) is 1.99. The number of hydrogen-bond donors (Lipinski definition) is 1. The Hall–Kier alpha value is -3.36. The molecule has 0 spiro atoms. The number of nitro groups is 1. The van der Waals surface area contributed by atoms with Gasteiger partial charge in [-0.05, 0) is 18.1 Å². The van der Waals surface area contributed by atoms with Crippen LogP contribution >= 0.6 is 0 Å². The fraction of sp³-hybridized carbons (Fsp3) is 0.294. The minimum Gasteiger partial charge on any atom is -0.493 e. The second-order valence-electron chi connectivity index (χ2n) is 5.17. The molecule has 0 saturated heterocycles. The minimum absolute atomic E-state index is 0.0496. The van der Waals surface area contributed by atoms with Crippen LogP contribution in [0.4, 0.5) is 5.69 Å². The molecule has 0 aliphatic rings. The third kappa shape index (κ3) is 4.00. The van der Waals surface area contributed by atoms with Gasteiger partial charge in [0.05, 0.1) is 26.3 Å². The number of hydrogen-bond acceptors (Lipinski definition) is 7. The second-order valence-corrected chi connectivity index (χ2v) is 5.17. The van der Waals surface area contributed by atoms with Gasteiger partial charge < -0.3 is 19.5 Å². The molecule has 0 aliphatic heterocycles. The fourth-order valence-corrected chi connectivity index (χ4v) is 2.46. The predicted molar refractivity (Wildman–Crippen MR) is 93.0 cm³/mol. The molecule has 1 heterocycles. The first-order chi connectivity index (χ1) is 12.5. The largest absolute Gasteiger partial charge is 0.493 e. The van der Waals surface area contributed by atoms with Gasteiger partial charge in [-0.15, -0.1) is 0 Å². The third-order valence-electron chi connectivity index (χ3n) is 3.65. The molecule has 0 radical (unpaired) electrons. The van der Waals surface area contributed by atoms with Gasteiger partial charge in [0.25, 0.3) is 5.91 Å². The molecule has 1 aromatic carbocycles. The van der Waals surface area contributed by atoms with Crippen LogP contribution in [0, 0.1) is 10.1 Å². The maximum absolute atomic E-state index is 12.5. The summed E-state index contributed by atoms with van der Waals surface area (Å²) in [6.45, 7) is 0.290. The van der Waals surface area contributed by atoms with Crippen molar-refractivity contribution in [3.63, 3.8) is 0 Å². The fourth-order valence-electron chi connectivity index (χ4n) is 2.46. The van der Waals surface area contributed by atoms with Crippen molar-refractivity contribution in [2.75, 3.05) is 27.9 Å². The number of pyridine rings is 1. The lowest BCUT2D eigenvalue weighted by Crippen LogP contribution is -2.26. The zero-order chi connectivity index (χ0) is 19.1. The van der Waals surface area contributed by atoms with Crippen molar-refractivity contribution in [3.8, 4) is 17.2 Å². The van der Waals surface area contributed by atoms with Crippen molar-refractivity contribution in [2.45, 2.75) is 6.42 Å². The van der Waals surface area contributed by atoms with E-state index in [9.17, 15) is 14.9 Å². The van der Waals surface area contributed by atoms with Crippen molar-refractivity contribution in [3.05, 3.63) is 51.8 Å². The zero-order valence-electron chi connectivity index (χ0n) is 14.6. The Balaban J connectivity index is 2.31. The summed E-state index contributed by atoms with van der Waals surface area (Å²) >= 11 is 0. The highest BCUT2D eigenvalue weighted by Crippen LogP contribution is 2.46. The highest BCUT2D eigenvalue weighted by Gasteiger charge is 2.32. The average molecular weight is 361 g/mol. The van der Waals surface area contributed by atoms with Gasteiger partial charge in [0, 0.05) is 25.0 Å². The van der Waals surface area contributed by atoms with Crippen LogP contribution in [-0.4, -0.2) is 43.7 Å². The summed E-state index contributed by atoms with van der Waals surface area (Å²) < 4.78 is 15.4. The van der Waals surface area contributed by atoms with Crippen LogP contribution in [0.2, 0.25) is 0 Å². The summed E-state index contributed by atoms with van der Waals surface area (Å²) in [7, 11) is 3.96. The Kier molecular flexibility index (Phi) is 6.31. The molecule has 26 heavy (non-hydrogen) atoms. The zero-order valence-corrected chi connectivity index (χ0v) is 14.6. The molecule has 2 aromatic rings. The van der Waals surface area contributed by atoms with Gasteiger partial charge in [0.2, 0.25) is 11.5 Å². The van der Waals surface area contributed by atoms with Crippen LogP contribution in [-0.2, 0) is 6.42 Å². The molecule has 9 heteroatoms. The molecule has 1 amide bonds. The first kappa shape index (κ1) is 19.0. The van der Waals surface area contributed by atoms with E-state index in [-0.39, 0.29) is 22.8 Å². The van der Waals surface area contributed by atoms with E-state index in [1.54, 1.807) is 18.5 Å². The van der Waals surface area contributed by atoms with Gasteiger partial charge in [-0.2, -0.15) is 0 Å². The lowest BCUT2D eigenvalue weighted by atomic mass is 10.1. The van der Waals surface area contributed by atoms with Gasteiger partial charge in [0.15, 0.2) is 5.75 Å². The van der Waals surface area contributed by atoms with Crippen molar-refractivity contribution in [1.82, 2.24) is 10.3 Å². The van der Waals surface area contributed by atoms with E-state index >= 15 is 0 Å². The smallest absolute Gasteiger partial charge is 0.327 e. The topological polar surface area (TPSA) is 113 Å². The van der Waals surface area contributed by atoms with E-state index in [0.29, 0.717) is 13.0 Å². The van der Waals surface area contributed by atoms with E-state index in [1.165, 1.54) is 27.4 Å². The molecule has 0 aliphatic carbocycles. The Labute approximate surface area is 150 Å². The number of aromatic nitrogens is 1. The number of benzene rings is 1. The van der Waals surface area contributed by atoms with Gasteiger partial charge in [0.1, 0.15) is 5.56 Å². The lowest BCUT2D eigenvalue weighted by molar-refractivity contribution is -0.386. The van der Waals surface area contributed by atoms with E-state index in [1.807, 2.05) is 6.07 Å². The van der Waals surface area contributed by atoms with E-state index in [4.69, 9.17) is 14.2 Å². The molecule has 0 bridgehead atoms. The van der Waals surface area contributed by atoms with Gasteiger partial charge >= 0.3 is 5.69 Å².